The van der Waals surface area contributed by atoms with Crippen LogP contribution < -0.4 is 0 Å². The van der Waals surface area contributed by atoms with Crippen molar-refractivity contribution in [1.29, 1.82) is 0 Å². The maximum Gasteiger partial charge on any atom is 0.270 e. The van der Waals surface area contributed by atoms with Gasteiger partial charge in [-0.2, -0.15) is 8.42 Å². The zero-order chi connectivity index (χ0) is 13.9. The average molecular weight is 288 g/mol. The van der Waals surface area contributed by atoms with Crippen molar-refractivity contribution in [2.24, 2.45) is 0 Å². The van der Waals surface area contributed by atoms with Crippen LogP contribution >= 0.6 is 0 Å². The molecule has 1 saturated carbocycles. The Kier molecular flexibility index (Phi) is 4.23. The molecule has 1 aromatic carbocycles. The van der Waals surface area contributed by atoms with Crippen LogP contribution in [0.3, 0.4) is 0 Å². The Balaban J connectivity index is 1.75. The summed E-state index contributed by atoms with van der Waals surface area (Å²) < 4.78 is 48.8. The van der Waals surface area contributed by atoms with Crippen molar-refractivity contribution in [3.8, 4) is 0 Å². The van der Waals surface area contributed by atoms with Gasteiger partial charge in [0.25, 0.3) is 10.1 Å². The summed E-state index contributed by atoms with van der Waals surface area (Å²) in [6, 6.07) is 9.35. The van der Waals surface area contributed by atoms with Gasteiger partial charge in [-0.15, -0.1) is 0 Å². The molecule has 0 aliphatic heterocycles. The lowest BCUT2D eigenvalue weighted by Gasteiger charge is -2.15. The van der Waals surface area contributed by atoms with E-state index in [0.29, 0.717) is 19.4 Å². The molecule has 0 bridgehead atoms. The summed E-state index contributed by atoms with van der Waals surface area (Å²) in [7, 11) is -4.16. The SMILES string of the molecule is O=S(=O)(O)C1(CC(F)COCc2ccccc2)CC1. The van der Waals surface area contributed by atoms with Crippen molar-refractivity contribution in [1.82, 2.24) is 0 Å². The van der Waals surface area contributed by atoms with E-state index in [2.05, 4.69) is 0 Å². The maximum atomic E-state index is 13.7. The highest BCUT2D eigenvalue weighted by Crippen LogP contribution is 2.47. The molecule has 0 aromatic heterocycles. The van der Waals surface area contributed by atoms with Crippen molar-refractivity contribution >= 4 is 10.1 Å². The smallest absolute Gasteiger partial charge is 0.270 e. The molecular formula is C13H17FO4S. The third-order valence-corrected chi connectivity index (χ3v) is 5.03. The van der Waals surface area contributed by atoms with Crippen LogP contribution in [0, 0.1) is 0 Å². The third kappa shape index (κ3) is 3.75. The van der Waals surface area contributed by atoms with Crippen molar-refractivity contribution in [3.05, 3.63) is 35.9 Å². The lowest BCUT2D eigenvalue weighted by Crippen LogP contribution is -2.28. The molecule has 1 unspecified atom stereocenters. The first-order chi connectivity index (χ1) is 8.93. The summed E-state index contributed by atoms with van der Waals surface area (Å²) in [5.74, 6) is 0. The molecule has 2 rings (SSSR count). The van der Waals surface area contributed by atoms with Gasteiger partial charge in [0.1, 0.15) is 10.9 Å². The zero-order valence-electron chi connectivity index (χ0n) is 10.5. The summed E-state index contributed by atoms with van der Waals surface area (Å²) >= 11 is 0. The molecule has 1 N–H and O–H groups in total. The van der Waals surface area contributed by atoms with Crippen LogP contribution in [0.25, 0.3) is 0 Å². The number of hydrogen-bond acceptors (Lipinski definition) is 3. The Hall–Kier alpha value is -0.980. The Bertz CT molecular complexity index is 511. The first kappa shape index (κ1) is 14.4. The highest BCUT2D eigenvalue weighted by Gasteiger charge is 2.55. The van der Waals surface area contributed by atoms with Crippen molar-refractivity contribution in [2.45, 2.75) is 36.8 Å². The van der Waals surface area contributed by atoms with E-state index in [0.717, 1.165) is 5.56 Å². The number of hydrogen-bond donors (Lipinski definition) is 1. The number of alkyl halides is 1. The molecule has 0 radical (unpaired) electrons. The van der Waals surface area contributed by atoms with E-state index in [1.54, 1.807) is 0 Å². The highest BCUT2D eigenvalue weighted by atomic mass is 32.2. The van der Waals surface area contributed by atoms with Gasteiger partial charge in [0.05, 0.1) is 13.2 Å². The lowest BCUT2D eigenvalue weighted by molar-refractivity contribution is 0.0650. The topological polar surface area (TPSA) is 63.6 Å². The van der Waals surface area contributed by atoms with Gasteiger partial charge in [-0.05, 0) is 18.4 Å². The quantitative estimate of drug-likeness (QED) is 0.782. The zero-order valence-corrected chi connectivity index (χ0v) is 11.3. The third-order valence-electron chi connectivity index (χ3n) is 3.36. The van der Waals surface area contributed by atoms with Gasteiger partial charge < -0.3 is 4.74 Å². The maximum absolute atomic E-state index is 13.7. The second-order valence-corrected chi connectivity index (χ2v) is 6.78. The summed E-state index contributed by atoms with van der Waals surface area (Å²) in [6.45, 7) is 0.131. The van der Waals surface area contributed by atoms with E-state index in [9.17, 15) is 12.8 Å². The van der Waals surface area contributed by atoms with Gasteiger partial charge in [0.2, 0.25) is 0 Å². The molecule has 1 fully saturated rings. The minimum absolute atomic E-state index is 0.161. The van der Waals surface area contributed by atoms with Crippen LogP contribution in [0.15, 0.2) is 30.3 Å². The molecule has 1 aliphatic carbocycles. The van der Waals surface area contributed by atoms with Gasteiger partial charge in [0.15, 0.2) is 0 Å². The van der Waals surface area contributed by atoms with Crippen LogP contribution in [-0.4, -0.2) is 30.5 Å². The van der Waals surface area contributed by atoms with Crippen molar-refractivity contribution < 1.29 is 22.1 Å². The van der Waals surface area contributed by atoms with Gasteiger partial charge in [-0.3, -0.25) is 4.55 Å². The van der Waals surface area contributed by atoms with Gasteiger partial charge in [0, 0.05) is 6.42 Å². The van der Waals surface area contributed by atoms with E-state index in [-0.39, 0.29) is 13.0 Å². The fourth-order valence-electron chi connectivity index (χ4n) is 2.05. The molecule has 0 spiro atoms. The predicted molar refractivity (Wildman–Crippen MR) is 69.1 cm³/mol. The summed E-state index contributed by atoms with van der Waals surface area (Å²) in [6.07, 6.45) is -0.926. The first-order valence-corrected chi connectivity index (χ1v) is 7.60. The lowest BCUT2D eigenvalue weighted by atomic mass is 10.2. The van der Waals surface area contributed by atoms with Crippen molar-refractivity contribution in [2.75, 3.05) is 6.61 Å². The normalized spacial score (nSPS) is 19.1. The largest absolute Gasteiger partial charge is 0.374 e. The number of rotatable bonds is 7. The minimum Gasteiger partial charge on any atom is -0.374 e. The molecular weight excluding hydrogens is 271 g/mol. The predicted octanol–water partition coefficient (Wildman–Crippen LogP) is 2.35. The number of ether oxygens (including phenoxy) is 1. The van der Waals surface area contributed by atoms with Gasteiger partial charge in [-0.1, -0.05) is 30.3 Å². The molecule has 6 heteroatoms. The molecule has 1 atom stereocenters. The second kappa shape index (κ2) is 5.56. The summed E-state index contributed by atoms with van der Waals surface area (Å²) in [4.78, 5) is 0. The fourth-order valence-corrected chi connectivity index (χ4v) is 3.06. The minimum atomic E-state index is -4.16. The Labute approximate surface area is 112 Å². The van der Waals surface area contributed by atoms with Crippen LogP contribution in [0.1, 0.15) is 24.8 Å². The van der Waals surface area contributed by atoms with Gasteiger partial charge in [-0.25, -0.2) is 4.39 Å². The Morgan fingerprint density at radius 2 is 1.95 bits per heavy atom. The van der Waals surface area contributed by atoms with E-state index in [4.69, 9.17) is 9.29 Å². The molecule has 4 nitrogen and oxygen atoms in total. The van der Waals surface area contributed by atoms with Crippen LogP contribution in [0.4, 0.5) is 4.39 Å². The standard InChI is InChI=1S/C13H17FO4S/c14-12(8-13(6-7-13)19(15,16)17)10-18-9-11-4-2-1-3-5-11/h1-5,12H,6-10H2,(H,15,16,17). The Morgan fingerprint density at radius 3 is 2.47 bits per heavy atom. The van der Waals surface area contributed by atoms with Crippen molar-refractivity contribution in [3.63, 3.8) is 0 Å². The molecule has 1 aliphatic rings. The summed E-state index contributed by atoms with van der Waals surface area (Å²) in [5.41, 5.74) is 0.936. The average Bonchev–Trinajstić information content (AvgIpc) is 3.11. The van der Waals surface area contributed by atoms with Crippen LogP contribution in [0.5, 0.6) is 0 Å². The molecule has 1 aromatic rings. The van der Waals surface area contributed by atoms with Gasteiger partial charge >= 0.3 is 0 Å². The highest BCUT2D eigenvalue weighted by molar-refractivity contribution is 7.87. The van der Waals surface area contributed by atoms with Crippen LogP contribution in [0.2, 0.25) is 0 Å². The molecule has 19 heavy (non-hydrogen) atoms. The fraction of sp³-hybridized carbons (Fsp3) is 0.538. The number of benzene rings is 1. The molecule has 0 amide bonds. The summed E-state index contributed by atoms with van der Waals surface area (Å²) in [5, 5.41) is 0. The number of halogens is 1. The molecule has 0 heterocycles. The Morgan fingerprint density at radius 1 is 1.32 bits per heavy atom. The van der Waals surface area contributed by atoms with E-state index < -0.39 is 21.0 Å². The first-order valence-electron chi connectivity index (χ1n) is 6.16. The monoisotopic (exact) mass is 288 g/mol. The van der Waals surface area contributed by atoms with E-state index >= 15 is 0 Å². The molecule has 106 valence electrons. The van der Waals surface area contributed by atoms with Crippen LogP contribution in [-0.2, 0) is 21.5 Å². The van der Waals surface area contributed by atoms with E-state index in [1.165, 1.54) is 0 Å². The van der Waals surface area contributed by atoms with E-state index in [1.807, 2.05) is 30.3 Å². The molecule has 0 saturated heterocycles. The second-order valence-electron chi connectivity index (χ2n) is 4.96.